The summed E-state index contributed by atoms with van der Waals surface area (Å²) in [4.78, 5) is 26.7. The van der Waals surface area contributed by atoms with E-state index in [0.717, 1.165) is 35.8 Å². The smallest absolute Gasteiger partial charge is 0.315 e. The lowest BCUT2D eigenvalue weighted by Gasteiger charge is -2.46. The molecule has 1 fully saturated rings. The van der Waals surface area contributed by atoms with Gasteiger partial charge in [0.15, 0.2) is 0 Å². The lowest BCUT2D eigenvalue weighted by Crippen LogP contribution is -2.50. The number of nitrogens with one attached hydrogen (secondary N) is 2. The summed E-state index contributed by atoms with van der Waals surface area (Å²) in [5.41, 5.74) is 1.93. The number of carbonyl (C=O) groups excluding carboxylic acids is 2. The Morgan fingerprint density at radius 2 is 2.07 bits per heavy atom. The van der Waals surface area contributed by atoms with Gasteiger partial charge in [0, 0.05) is 18.0 Å². The summed E-state index contributed by atoms with van der Waals surface area (Å²) in [5, 5.41) is 7.15. The van der Waals surface area contributed by atoms with Gasteiger partial charge in [0.2, 0.25) is 6.08 Å². The molecule has 3 rings (SSSR count). The number of amides is 2. The SMILES string of the molecule is CC1(C)CC(NC(=O)NCCc2coc3ccccc23)CC(C)(CN=C=O)C1. The molecule has 0 saturated heterocycles. The molecule has 2 aromatic rings. The third-order valence-electron chi connectivity index (χ3n) is 5.55. The Labute approximate surface area is 165 Å². The fourth-order valence-electron chi connectivity index (χ4n) is 4.85. The number of urea groups is 1. The third kappa shape index (κ3) is 5.02. The minimum absolute atomic E-state index is 0.0605. The molecule has 1 heterocycles. The van der Waals surface area contributed by atoms with E-state index in [-0.39, 0.29) is 22.9 Å². The van der Waals surface area contributed by atoms with Gasteiger partial charge in [-0.2, -0.15) is 0 Å². The van der Waals surface area contributed by atoms with Crippen molar-refractivity contribution in [2.24, 2.45) is 15.8 Å². The molecule has 6 nitrogen and oxygen atoms in total. The quantitative estimate of drug-likeness (QED) is 0.579. The van der Waals surface area contributed by atoms with Gasteiger partial charge in [-0.25, -0.2) is 14.6 Å². The van der Waals surface area contributed by atoms with Crippen LogP contribution in [0.3, 0.4) is 0 Å². The van der Waals surface area contributed by atoms with E-state index in [0.29, 0.717) is 19.5 Å². The molecule has 1 aromatic carbocycles. The van der Waals surface area contributed by atoms with Gasteiger partial charge in [-0.3, -0.25) is 0 Å². The maximum atomic E-state index is 12.4. The molecule has 28 heavy (non-hydrogen) atoms. The van der Waals surface area contributed by atoms with Crippen LogP contribution in [-0.2, 0) is 11.2 Å². The van der Waals surface area contributed by atoms with Crippen molar-refractivity contribution in [1.82, 2.24) is 10.6 Å². The van der Waals surface area contributed by atoms with E-state index >= 15 is 0 Å². The summed E-state index contributed by atoms with van der Waals surface area (Å²) in [6.07, 6.45) is 6.80. The number of rotatable bonds is 6. The largest absolute Gasteiger partial charge is 0.464 e. The number of benzene rings is 1. The molecule has 2 atom stereocenters. The number of carbonyl (C=O) groups is 1. The average molecular weight is 383 g/mol. The first kappa shape index (κ1) is 20.2. The molecule has 150 valence electrons. The highest BCUT2D eigenvalue weighted by molar-refractivity contribution is 5.81. The first-order valence-corrected chi connectivity index (χ1v) is 9.83. The maximum absolute atomic E-state index is 12.4. The summed E-state index contributed by atoms with van der Waals surface area (Å²) in [5.74, 6) is 0. The van der Waals surface area contributed by atoms with Crippen LogP contribution < -0.4 is 10.6 Å². The van der Waals surface area contributed by atoms with Crippen molar-refractivity contribution < 1.29 is 14.0 Å². The lowest BCUT2D eigenvalue weighted by molar-refractivity contribution is 0.0807. The van der Waals surface area contributed by atoms with Crippen LogP contribution in [0.2, 0.25) is 0 Å². The van der Waals surface area contributed by atoms with Crippen LogP contribution in [0, 0.1) is 10.8 Å². The number of isocyanates is 1. The highest BCUT2D eigenvalue weighted by Crippen LogP contribution is 2.46. The van der Waals surface area contributed by atoms with Crippen molar-refractivity contribution in [2.75, 3.05) is 13.1 Å². The molecule has 6 heteroatoms. The van der Waals surface area contributed by atoms with Crippen LogP contribution >= 0.6 is 0 Å². The number of para-hydroxylation sites is 1. The Kier molecular flexibility index (Phi) is 5.90. The van der Waals surface area contributed by atoms with Crippen LogP contribution in [-0.4, -0.2) is 31.2 Å². The third-order valence-corrected chi connectivity index (χ3v) is 5.55. The molecule has 0 radical (unpaired) electrons. The topological polar surface area (TPSA) is 83.7 Å². The molecular formula is C22H29N3O3. The van der Waals surface area contributed by atoms with Gasteiger partial charge in [-0.05, 0) is 48.1 Å². The van der Waals surface area contributed by atoms with Crippen molar-refractivity contribution in [2.45, 2.75) is 52.5 Å². The summed E-state index contributed by atoms with van der Waals surface area (Å²) in [6.45, 7) is 7.52. The predicted molar refractivity (Wildman–Crippen MR) is 109 cm³/mol. The van der Waals surface area contributed by atoms with Gasteiger partial charge in [0.25, 0.3) is 0 Å². The number of fused-ring (bicyclic) bond motifs is 1. The van der Waals surface area contributed by atoms with Crippen molar-refractivity contribution in [3.8, 4) is 0 Å². The zero-order chi connectivity index (χ0) is 20.2. The Morgan fingerprint density at radius 1 is 1.29 bits per heavy atom. The van der Waals surface area contributed by atoms with Crippen LogP contribution in [0.1, 0.15) is 45.6 Å². The van der Waals surface area contributed by atoms with Gasteiger partial charge in [0.1, 0.15) is 5.58 Å². The van der Waals surface area contributed by atoms with E-state index in [1.807, 2.05) is 24.3 Å². The highest BCUT2D eigenvalue weighted by atomic mass is 16.3. The van der Waals surface area contributed by atoms with Crippen LogP contribution in [0.5, 0.6) is 0 Å². The molecule has 1 saturated carbocycles. The monoisotopic (exact) mass is 383 g/mol. The zero-order valence-corrected chi connectivity index (χ0v) is 16.9. The maximum Gasteiger partial charge on any atom is 0.315 e. The second kappa shape index (κ2) is 8.19. The lowest BCUT2D eigenvalue weighted by atomic mass is 9.62. The standard InChI is InChI=1S/C22H29N3O3/c1-21(2)10-17(11-22(3,13-21)14-23-15-26)25-20(27)24-9-8-16-12-28-19-7-5-4-6-18(16)19/h4-7,12,17H,8-11,13-14H2,1-3H3,(H2,24,25,27). The number of nitrogens with zero attached hydrogens (tertiary/aromatic N) is 1. The summed E-state index contributed by atoms with van der Waals surface area (Å²) in [7, 11) is 0. The molecule has 2 unspecified atom stereocenters. The highest BCUT2D eigenvalue weighted by Gasteiger charge is 2.41. The minimum Gasteiger partial charge on any atom is -0.464 e. The predicted octanol–water partition coefficient (Wildman–Crippen LogP) is 4.20. The molecule has 2 N–H and O–H groups in total. The molecular weight excluding hydrogens is 354 g/mol. The van der Waals surface area contributed by atoms with Crippen molar-refractivity contribution >= 4 is 23.1 Å². The van der Waals surface area contributed by atoms with Gasteiger partial charge < -0.3 is 15.1 Å². The molecule has 1 aliphatic carbocycles. The number of furan rings is 1. The normalized spacial score (nSPS) is 23.8. The van der Waals surface area contributed by atoms with Crippen molar-refractivity contribution in [3.05, 3.63) is 36.1 Å². The molecule has 1 aliphatic rings. The Balaban J connectivity index is 1.53. The van der Waals surface area contributed by atoms with E-state index in [1.165, 1.54) is 0 Å². The molecule has 0 bridgehead atoms. The Bertz CT molecular complexity index is 882. The van der Waals surface area contributed by atoms with E-state index in [1.54, 1.807) is 12.3 Å². The van der Waals surface area contributed by atoms with Crippen LogP contribution in [0.4, 0.5) is 4.79 Å². The first-order valence-electron chi connectivity index (χ1n) is 9.83. The first-order chi connectivity index (χ1) is 13.3. The second-order valence-corrected chi connectivity index (χ2v) is 9.07. The van der Waals surface area contributed by atoms with Crippen LogP contribution in [0.25, 0.3) is 11.0 Å². The molecule has 0 aliphatic heterocycles. The van der Waals surface area contributed by atoms with Crippen molar-refractivity contribution in [1.29, 1.82) is 0 Å². The Hall–Kier alpha value is -2.59. The molecule has 0 spiro atoms. The van der Waals surface area contributed by atoms with E-state index < -0.39 is 0 Å². The number of aliphatic imine (C=N–C) groups is 1. The summed E-state index contributed by atoms with van der Waals surface area (Å²) < 4.78 is 5.54. The van der Waals surface area contributed by atoms with Gasteiger partial charge >= 0.3 is 6.03 Å². The summed E-state index contributed by atoms with van der Waals surface area (Å²) >= 11 is 0. The van der Waals surface area contributed by atoms with Gasteiger partial charge in [0.05, 0.1) is 12.8 Å². The number of hydrogen-bond acceptors (Lipinski definition) is 4. The Morgan fingerprint density at radius 3 is 2.86 bits per heavy atom. The number of hydrogen-bond donors (Lipinski definition) is 2. The molecule has 2 amide bonds. The fraction of sp³-hybridized carbons (Fsp3) is 0.545. The fourth-order valence-corrected chi connectivity index (χ4v) is 4.85. The van der Waals surface area contributed by atoms with E-state index in [2.05, 4.69) is 36.4 Å². The minimum atomic E-state index is -0.156. The zero-order valence-electron chi connectivity index (χ0n) is 16.9. The van der Waals surface area contributed by atoms with Crippen molar-refractivity contribution in [3.63, 3.8) is 0 Å². The van der Waals surface area contributed by atoms with E-state index in [9.17, 15) is 9.59 Å². The molecule has 1 aromatic heterocycles. The van der Waals surface area contributed by atoms with E-state index in [4.69, 9.17) is 4.42 Å². The van der Waals surface area contributed by atoms with Gasteiger partial charge in [-0.15, -0.1) is 0 Å². The van der Waals surface area contributed by atoms with Crippen LogP contribution in [0.15, 0.2) is 39.9 Å². The summed E-state index contributed by atoms with van der Waals surface area (Å²) in [6, 6.07) is 7.80. The second-order valence-electron chi connectivity index (χ2n) is 9.07. The van der Waals surface area contributed by atoms with Gasteiger partial charge in [-0.1, -0.05) is 39.0 Å². The average Bonchev–Trinajstić information content (AvgIpc) is 3.01.